The van der Waals surface area contributed by atoms with Crippen molar-refractivity contribution >= 4 is 23.5 Å². The first-order valence-electron chi connectivity index (χ1n) is 8.15. The molecule has 5 nitrogen and oxygen atoms in total. The van der Waals surface area contributed by atoms with Gasteiger partial charge in [0.25, 0.3) is 0 Å². The number of carboxylic acids is 2. The zero-order chi connectivity index (χ0) is 18.9. The fraction of sp³-hybridized carbons (Fsp3) is 0.368. The fourth-order valence-electron chi connectivity index (χ4n) is 3.99. The molecule has 6 heteroatoms. The smallest absolute Gasteiger partial charge is 0.334 e. The highest BCUT2D eigenvalue weighted by atomic mass is 35.5. The Morgan fingerprint density at radius 1 is 1.00 bits per heavy atom. The van der Waals surface area contributed by atoms with Gasteiger partial charge in [-0.05, 0) is 44.9 Å². The second-order valence-corrected chi connectivity index (χ2v) is 6.48. The largest absolute Gasteiger partial charge is 0.478 e. The number of benzene rings is 1. The van der Waals surface area contributed by atoms with Crippen molar-refractivity contribution in [1.29, 1.82) is 0 Å². The van der Waals surface area contributed by atoms with E-state index >= 15 is 0 Å². The van der Waals surface area contributed by atoms with E-state index in [1.807, 2.05) is 13.8 Å². The van der Waals surface area contributed by atoms with Crippen LogP contribution in [0.4, 0.5) is 0 Å². The molecular formula is C19H22ClNO4. The van der Waals surface area contributed by atoms with Crippen LogP contribution in [0.3, 0.4) is 0 Å². The van der Waals surface area contributed by atoms with E-state index < -0.39 is 17.4 Å². The van der Waals surface area contributed by atoms with Gasteiger partial charge in [-0.1, -0.05) is 30.7 Å². The highest BCUT2D eigenvalue weighted by Gasteiger charge is 2.50. The third-order valence-electron chi connectivity index (χ3n) is 5.00. The molecule has 1 aliphatic rings. The lowest BCUT2D eigenvalue weighted by atomic mass is 9.64. The normalized spacial score (nSPS) is 17.1. The molecule has 0 aromatic heterocycles. The van der Waals surface area contributed by atoms with E-state index in [4.69, 9.17) is 11.6 Å². The first-order valence-corrected chi connectivity index (χ1v) is 8.52. The predicted octanol–water partition coefficient (Wildman–Crippen LogP) is 4.04. The van der Waals surface area contributed by atoms with Crippen LogP contribution in [0, 0.1) is 0 Å². The molecule has 134 valence electrons. The van der Waals surface area contributed by atoms with Crippen molar-refractivity contribution in [2.24, 2.45) is 0 Å². The molecule has 1 heterocycles. The third kappa shape index (κ3) is 2.82. The van der Waals surface area contributed by atoms with Crippen LogP contribution in [-0.4, -0.2) is 33.6 Å². The number of allylic oxidation sites excluding steroid dienone is 2. The number of carbonyl (C=O) groups is 2. The summed E-state index contributed by atoms with van der Waals surface area (Å²) in [5.41, 5.74) is 0.707. The van der Waals surface area contributed by atoms with E-state index in [0.29, 0.717) is 34.9 Å². The maximum absolute atomic E-state index is 12.2. The van der Waals surface area contributed by atoms with E-state index in [9.17, 15) is 19.8 Å². The summed E-state index contributed by atoms with van der Waals surface area (Å²) >= 11 is 5.98. The Bertz CT molecular complexity index is 739. The summed E-state index contributed by atoms with van der Waals surface area (Å²) in [4.78, 5) is 26.1. The highest BCUT2D eigenvalue weighted by molar-refractivity contribution is 6.30. The molecule has 1 aromatic rings. The molecule has 0 atom stereocenters. The molecule has 0 bridgehead atoms. The number of nitrogens with zero attached hydrogens (tertiary/aromatic N) is 1. The van der Waals surface area contributed by atoms with Crippen molar-refractivity contribution in [3.05, 3.63) is 57.4 Å². The van der Waals surface area contributed by atoms with Crippen LogP contribution in [0.25, 0.3) is 0 Å². The molecule has 1 aromatic carbocycles. The van der Waals surface area contributed by atoms with Crippen molar-refractivity contribution in [3.63, 3.8) is 0 Å². The van der Waals surface area contributed by atoms with Crippen molar-refractivity contribution in [1.82, 2.24) is 4.90 Å². The summed E-state index contributed by atoms with van der Waals surface area (Å²) in [6.45, 7) is 7.63. The van der Waals surface area contributed by atoms with E-state index in [2.05, 4.69) is 0 Å². The van der Waals surface area contributed by atoms with Gasteiger partial charge in [0, 0.05) is 23.0 Å². The second kappa shape index (κ2) is 6.92. The van der Waals surface area contributed by atoms with Crippen LogP contribution in [0.2, 0.25) is 5.02 Å². The Labute approximate surface area is 152 Å². The van der Waals surface area contributed by atoms with Gasteiger partial charge in [-0.3, -0.25) is 0 Å². The Hall–Kier alpha value is -2.27. The van der Waals surface area contributed by atoms with Gasteiger partial charge in [0.1, 0.15) is 0 Å². The summed E-state index contributed by atoms with van der Waals surface area (Å²) in [5.74, 6) is -2.22. The van der Waals surface area contributed by atoms with Gasteiger partial charge < -0.3 is 15.1 Å². The van der Waals surface area contributed by atoms with Crippen molar-refractivity contribution in [2.45, 2.75) is 39.5 Å². The number of hydrogen-bond acceptors (Lipinski definition) is 3. The van der Waals surface area contributed by atoms with Gasteiger partial charge in [0.2, 0.25) is 0 Å². The molecule has 0 unspecified atom stereocenters. The first-order chi connectivity index (χ1) is 11.7. The van der Waals surface area contributed by atoms with E-state index in [1.165, 1.54) is 0 Å². The van der Waals surface area contributed by atoms with Crippen LogP contribution in [0.5, 0.6) is 0 Å². The summed E-state index contributed by atoms with van der Waals surface area (Å²) in [5, 5.41) is 20.4. The molecule has 0 aliphatic carbocycles. The molecule has 0 amide bonds. The molecule has 25 heavy (non-hydrogen) atoms. The topological polar surface area (TPSA) is 77.8 Å². The average Bonchev–Trinajstić information content (AvgIpc) is 2.54. The minimum Gasteiger partial charge on any atom is -0.478 e. The quantitative estimate of drug-likeness (QED) is 0.825. The lowest BCUT2D eigenvalue weighted by Crippen LogP contribution is -2.45. The predicted molar refractivity (Wildman–Crippen MR) is 96.5 cm³/mol. The van der Waals surface area contributed by atoms with Crippen LogP contribution >= 0.6 is 11.6 Å². The molecule has 0 fully saturated rings. The minimum absolute atomic E-state index is 0.0992. The van der Waals surface area contributed by atoms with Crippen LogP contribution < -0.4 is 0 Å². The Morgan fingerprint density at radius 3 is 1.76 bits per heavy atom. The summed E-state index contributed by atoms with van der Waals surface area (Å²) in [6.07, 6.45) is 0.310. The SMILES string of the molecule is CCN1C(C)=C(C(=O)O)C(CC)(c2ccc(Cl)cc2)C(C(=O)O)=C1C. The summed E-state index contributed by atoms with van der Waals surface area (Å²) < 4.78 is 0. The van der Waals surface area contributed by atoms with E-state index in [0.717, 1.165) is 0 Å². The van der Waals surface area contributed by atoms with Gasteiger partial charge in [0.05, 0.1) is 16.6 Å². The monoisotopic (exact) mass is 363 g/mol. The Balaban J connectivity index is 2.96. The zero-order valence-electron chi connectivity index (χ0n) is 14.8. The number of carboxylic acid groups (broad SMARTS) is 2. The van der Waals surface area contributed by atoms with Crippen LogP contribution in [0.15, 0.2) is 46.8 Å². The molecule has 0 saturated heterocycles. The van der Waals surface area contributed by atoms with E-state index in [-0.39, 0.29) is 11.1 Å². The average molecular weight is 364 g/mol. The second-order valence-electron chi connectivity index (χ2n) is 6.04. The summed E-state index contributed by atoms with van der Waals surface area (Å²) in [6, 6.07) is 6.73. The van der Waals surface area contributed by atoms with Crippen molar-refractivity contribution in [2.75, 3.05) is 6.54 Å². The molecular weight excluding hydrogens is 342 g/mol. The van der Waals surface area contributed by atoms with Gasteiger partial charge in [0.15, 0.2) is 0 Å². The molecule has 0 radical (unpaired) electrons. The minimum atomic E-state index is -1.23. The van der Waals surface area contributed by atoms with Crippen molar-refractivity contribution in [3.8, 4) is 0 Å². The number of halogens is 1. The first kappa shape index (κ1) is 19.1. The van der Waals surface area contributed by atoms with Gasteiger partial charge in [-0.15, -0.1) is 0 Å². The highest BCUT2D eigenvalue weighted by Crippen LogP contribution is 2.49. The Morgan fingerprint density at radius 2 is 1.44 bits per heavy atom. The molecule has 0 saturated carbocycles. The maximum Gasteiger partial charge on any atom is 0.334 e. The molecule has 0 spiro atoms. The van der Waals surface area contributed by atoms with Gasteiger partial charge in [-0.25, -0.2) is 9.59 Å². The summed E-state index contributed by atoms with van der Waals surface area (Å²) in [7, 11) is 0. The maximum atomic E-state index is 12.2. The van der Waals surface area contributed by atoms with Gasteiger partial charge in [-0.2, -0.15) is 0 Å². The third-order valence-corrected chi connectivity index (χ3v) is 5.25. The molecule has 2 N–H and O–H groups in total. The van der Waals surface area contributed by atoms with Gasteiger partial charge >= 0.3 is 11.9 Å². The number of hydrogen-bond donors (Lipinski definition) is 2. The number of aliphatic carboxylic acids is 2. The van der Waals surface area contributed by atoms with E-state index in [1.54, 1.807) is 43.0 Å². The van der Waals surface area contributed by atoms with Crippen LogP contribution in [-0.2, 0) is 15.0 Å². The molecule has 2 rings (SSSR count). The van der Waals surface area contributed by atoms with Crippen LogP contribution in [0.1, 0.15) is 39.7 Å². The molecule has 1 aliphatic heterocycles. The lowest BCUT2D eigenvalue weighted by Gasteiger charge is -2.44. The Kier molecular flexibility index (Phi) is 5.28. The van der Waals surface area contributed by atoms with Crippen molar-refractivity contribution < 1.29 is 19.8 Å². The lowest BCUT2D eigenvalue weighted by molar-refractivity contribution is -0.134. The fourth-order valence-corrected chi connectivity index (χ4v) is 4.12. The zero-order valence-corrected chi connectivity index (χ0v) is 15.5. The standard InChI is InChI=1S/C19H22ClNO4/c1-5-19(13-7-9-14(20)10-8-13)15(17(22)23)11(3)21(6-2)12(4)16(19)18(24)25/h7-10H,5-6H2,1-4H3,(H,22,23)(H,24,25). The number of rotatable bonds is 5.